The van der Waals surface area contributed by atoms with Crippen LogP contribution in [0.1, 0.15) is 31.2 Å². The molecule has 27 heavy (non-hydrogen) atoms. The summed E-state index contributed by atoms with van der Waals surface area (Å²) in [5, 5.41) is 2.74. The molecule has 146 valence electrons. The molecule has 0 aliphatic rings. The summed E-state index contributed by atoms with van der Waals surface area (Å²) < 4.78 is 6.35. The topological polar surface area (TPSA) is 58.6 Å². The number of amides is 2. The lowest BCUT2D eigenvalue weighted by Gasteiger charge is -2.26. The van der Waals surface area contributed by atoms with Gasteiger partial charge in [-0.05, 0) is 54.4 Å². The number of hydrogen-bond acceptors (Lipinski definition) is 4. The summed E-state index contributed by atoms with van der Waals surface area (Å²) in [6, 6.07) is 12.9. The lowest BCUT2D eigenvalue weighted by atomic mass is 10.0. The zero-order valence-corrected chi connectivity index (χ0v) is 18.4. The predicted octanol–water partition coefficient (Wildman–Crippen LogP) is 4.61. The van der Waals surface area contributed by atoms with Gasteiger partial charge >= 0.3 is 6.09 Å². The molecule has 0 aliphatic carbocycles. The van der Waals surface area contributed by atoms with Crippen molar-refractivity contribution in [1.29, 1.82) is 0 Å². The maximum Gasteiger partial charge on any atom is 0.408 e. The minimum atomic E-state index is -0.698. The van der Waals surface area contributed by atoms with Crippen LogP contribution in [0.5, 0.6) is 0 Å². The van der Waals surface area contributed by atoms with E-state index in [0.29, 0.717) is 13.0 Å². The third-order valence-electron chi connectivity index (χ3n) is 3.67. The number of nitrogens with zero attached hydrogens (tertiary/aromatic N) is 1. The first-order valence-electron chi connectivity index (χ1n) is 8.66. The molecular formula is C20H25BrN2O3S. The van der Waals surface area contributed by atoms with E-state index in [-0.39, 0.29) is 5.91 Å². The monoisotopic (exact) mass is 452 g/mol. The first kappa shape index (κ1) is 21.4. The molecule has 1 unspecified atom stereocenters. The van der Waals surface area contributed by atoms with Crippen LogP contribution in [0, 0.1) is 0 Å². The van der Waals surface area contributed by atoms with Gasteiger partial charge in [0, 0.05) is 18.3 Å². The van der Waals surface area contributed by atoms with E-state index in [9.17, 15) is 9.59 Å². The molecule has 0 bridgehead atoms. The number of thiophene rings is 1. The molecule has 7 heteroatoms. The number of likely N-dealkylation sites (N-methyl/N-ethyl adjacent to an activating group) is 1. The van der Waals surface area contributed by atoms with Gasteiger partial charge < -0.3 is 15.0 Å². The first-order chi connectivity index (χ1) is 12.6. The Morgan fingerprint density at radius 2 is 1.85 bits per heavy atom. The lowest BCUT2D eigenvalue weighted by Crippen LogP contribution is -2.49. The highest BCUT2D eigenvalue weighted by Gasteiger charge is 2.27. The summed E-state index contributed by atoms with van der Waals surface area (Å²) in [6.07, 6.45) is -0.193. The van der Waals surface area contributed by atoms with E-state index in [0.717, 1.165) is 14.2 Å². The van der Waals surface area contributed by atoms with E-state index in [1.807, 2.05) is 42.5 Å². The number of nitrogens with one attached hydrogen (secondary N) is 1. The Bertz CT molecular complexity index is 771. The van der Waals surface area contributed by atoms with Gasteiger partial charge in [-0.1, -0.05) is 30.3 Å². The number of carbonyl (C=O) groups is 2. The largest absolute Gasteiger partial charge is 0.444 e. The van der Waals surface area contributed by atoms with Gasteiger partial charge in [-0.25, -0.2) is 4.79 Å². The van der Waals surface area contributed by atoms with Crippen LogP contribution in [-0.2, 0) is 22.5 Å². The molecule has 5 nitrogen and oxygen atoms in total. The Morgan fingerprint density at radius 1 is 1.19 bits per heavy atom. The highest BCUT2D eigenvalue weighted by molar-refractivity contribution is 9.11. The molecule has 1 aromatic carbocycles. The maximum absolute atomic E-state index is 13.0. The van der Waals surface area contributed by atoms with Crippen LogP contribution in [0.2, 0.25) is 0 Å². The van der Waals surface area contributed by atoms with E-state index < -0.39 is 17.7 Å². The molecule has 2 rings (SSSR count). The summed E-state index contributed by atoms with van der Waals surface area (Å²) in [7, 11) is 1.74. The van der Waals surface area contributed by atoms with Gasteiger partial charge in [-0.15, -0.1) is 11.3 Å². The van der Waals surface area contributed by atoms with Crippen LogP contribution in [0.3, 0.4) is 0 Å². The number of hydrogen-bond donors (Lipinski definition) is 1. The number of carbonyl (C=O) groups excluding carboxylic acids is 2. The van der Waals surface area contributed by atoms with E-state index in [4.69, 9.17) is 4.74 Å². The fraction of sp³-hybridized carbons (Fsp3) is 0.400. The fourth-order valence-corrected chi connectivity index (χ4v) is 4.05. The van der Waals surface area contributed by atoms with Crippen molar-refractivity contribution in [2.75, 3.05) is 7.05 Å². The van der Waals surface area contributed by atoms with Crippen molar-refractivity contribution in [3.63, 3.8) is 0 Å². The smallest absolute Gasteiger partial charge is 0.408 e. The van der Waals surface area contributed by atoms with E-state index >= 15 is 0 Å². The normalized spacial score (nSPS) is 12.3. The quantitative estimate of drug-likeness (QED) is 0.695. The average molecular weight is 453 g/mol. The van der Waals surface area contributed by atoms with Crippen molar-refractivity contribution in [3.8, 4) is 0 Å². The van der Waals surface area contributed by atoms with Gasteiger partial charge in [0.1, 0.15) is 11.6 Å². The summed E-state index contributed by atoms with van der Waals surface area (Å²) in [5.74, 6) is -0.158. The Balaban J connectivity index is 2.11. The maximum atomic E-state index is 13.0. The molecule has 2 aromatic rings. The third-order valence-corrected chi connectivity index (χ3v) is 5.28. The van der Waals surface area contributed by atoms with Gasteiger partial charge in [-0.2, -0.15) is 0 Å². The number of alkyl carbamates (subject to hydrolysis) is 1. The third kappa shape index (κ3) is 7.34. The van der Waals surface area contributed by atoms with E-state index in [1.165, 1.54) is 0 Å². The summed E-state index contributed by atoms with van der Waals surface area (Å²) in [4.78, 5) is 27.9. The molecule has 0 fully saturated rings. The van der Waals surface area contributed by atoms with Gasteiger partial charge in [0.05, 0.1) is 10.3 Å². The average Bonchev–Trinajstić information content (AvgIpc) is 2.97. The van der Waals surface area contributed by atoms with Crippen molar-refractivity contribution in [1.82, 2.24) is 10.2 Å². The molecule has 0 saturated carbocycles. The standard InChI is InChI=1S/C20H25BrN2O3S/c1-20(2,3)26-19(25)22-16(12-14-8-6-5-7-9-14)18(24)23(4)13-15-10-11-17(21)27-15/h5-11,16H,12-13H2,1-4H3,(H,22,25). The Labute approximate surface area is 172 Å². The van der Waals surface area contributed by atoms with E-state index in [1.54, 1.807) is 44.1 Å². The molecule has 0 saturated heterocycles. The van der Waals surface area contributed by atoms with Gasteiger partial charge in [0.2, 0.25) is 5.91 Å². The molecule has 0 aliphatic heterocycles. The van der Waals surface area contributed by atoms with Crippen LogP contribution in [0.15, 0.2) is 46.3 Å². The second kappa shape index (κ2) is 9.37. The van der Waals surface area contributed by atoms with Gasteiger partial charge in [-0.3, -0.25) is 4.79 Å². The number of benzene rings is 1. The molecule has 1 N–H and O–H groups in total. The highest BCUT2D eigenvalue weighted by atomic mass is 79.9. The van der Waals surface area contributed by atoms with E-state index in [2.05, 4.69) is 21.2 Å². The zero-order valence-electron chi connectivity index (χ0n) is 16.0. The second-order valence-corrected chi connectivity index (χ2v) is 9.84. The molecule has 1 atom stereocenters. The lowest BCUT2D eigenvalue weighted by molar-refractivity contribution is -0.132. The zero-order chi connectivity index (χ0) is 20.0. The summed E-state index contributed by atoms with van der Waals surface area (Å²) in [6.45, 7) is 5.86. The Kier molecular flexibility index (Phi) is 7.44. The fourth-order valence-electron chi connectivity index (χ4n) is 2.51. The minimum absolute atomic E-state index is 0.158. The molecule has 0 spiro atoms. The second-order valence-electron chi connectivity index (χ2n) is 7.29. The first-order valence-corrected chi connectivity index (χ1v) is 10.3. The molecular weight excluding hydrogens is 428 g/mol. The number of ether oxygens (including phenoxy) is 1. The summed E-state index contributed by atoms with van der Waals surface area (Å²) >= 11 is 5.02. The summed E-state index contributed by atoms with van der Waals surface area (Å²) in [5.41, 5.74) is 0.346. The predicted molar refractivity (Wildman–Crippen MR) is 112 cm³/mol. The molecule has 2 amide bonds. The minimum Gasteiger partial charge on any atom is -0.444 e. The Hall–Kier alpha value is -1.86. The van der Waals surface area contributed by atoms with Crippen LogP contribution in [0.25, 0.3) is 0 Å². The van der Waals surface area contributed by atoms with Gasteiger partial charge in [0.25, 0.3) is 0 Å². The van der Waals surface area contributed by atoms with Crippen molar-refractivity contribution < 1.29 is 14.3 Å². The Morgan fingerprint density at radius 3 is 2.41 bits per heavy atom. The van der Waals surface area contributed by atoms with Crippen LogP contribution < -0.4 is 5.32 Å². The number of rotatable bonds is 6. The van der Waals surface area contributed by atoms with Gasteiger partial charge in [0.15, 0.2) is 0 Å². The van der Waals surface area contributed by atoms with Crippen LogP contribution >= 0.6 is 27.3 Å². The van der Waals surface area contributed by atoms with Crippen LogP contribution in [0.4, 0.5) is 4.79 Å². The van der Waals surface area contributed by atoms with Crippen molar-refractivity contribution >= 4 is 39.3 Å². The highest BCUT2D eigenvalue weighted by Crippen LogP contribution is 2.23. The molecule has 0 radical (unpaired) electrons. The van der Waals surface area contributed by atoms with Crippen molar-refractivity contribution in [3.05, 3.63) is 56.7 Å². The van der Waals surface area contributed by atoms with Crippen molar-refractivity contribution in [2.45, 2.75) is 45.4 Å². The SMILES string of the molecule is CN(Cc1ccc(Br)s1)C(=O)C(Cc1ccccc1)NC(=O)OC(C)(C)C. The molecule has 1 heterocycles. The molecule has 1 aromatic heterocycles. The van der Waals surface area contributed by atoms with Crippen molar-refractivity contribution in [2.24, 2.45) is 0 Å². The van der Waals surface area contributed by atoms with Crippen LogP contribution in [-0.4, -0.2) is 35.6 Å². The number of halogens is 1.